The Labute approximate surface area is 231 Å². The Morgan fingerprint density at radius 1 is 0.744 bits per heavy atom. The molecule has 2 amide bonds. The zero-order chi connectivity index (χ0) is 27.6. The first-order valence-corrected chi connectivity index (χ1v) is 13.3. The molecule has 0 saturated heterocycles. The number of hydrogen-bond acceptors (Lipinski definition) is 3. The number of nitrogens with zero attached hydrogens (tertiary/aromatic N) is 3. The van der Waals surface area contributed by atoms with Crippen LogP contribution in [0.2, 0.25) is 0 Å². The van der Waals surface area contributed by atoms with Crippen molar-refractivity contribution in [1.82, 2.24) is 14.4 Å². The van der Waals surface area contributed by atoms with Gasteiger partial charge in [-0.05, 0) is 54.8 Å². The van der Waals surface area contributed by atoms with Crippen LogP contribution in [0.25, 0.3) is 0 Å². The van der Waals surface area contributed by atoms with Crippen LogP contribution in [0, 0.1) is 0 Å². The Balaban J connectivity index is 1.51. The molecule has 0 atom stereocenters. The molecule has 0 radical (unpaired) electrons. The van der Waals surface area contributed by atoms with Crippen molar-refractivity contribution in [2.75, 3.05) is 13.7 Å². The molecule has 0 aliphatic heterocycles. The Kier molecular flexibility index (Phi) is 9.57. The van der Waals surface area contributed by atoms with Crippen molar-refractivity contribution in [3.05, 3.63) is 126 Å². The molecule has 1 heterocycles. The number of amides is 2. The zero-order valence-electron chi connectivity index (χ0n) is 23.0. The Hall–Kier alpha value is -4.32. The number of carbonyl (C=O) groups excluding carboxylic acids is 2. The molecular weight excluding hydrogens is 486 g/mol. The summed E-state index contributed by atoms with van der Waals surface area (Å²) < 4.78 is 7.40. The number of benzene rings is 3. The van der Waals surface area contributed by atoms with E-state index in [1.54, 1.807) is 12.0 Å². The fraction of sp³-hybridized carbons (Fsp3) is 0.273. The van der Waals surface area contributed by atoms with Gasteiger partial charge in [-0.1, -0.05) is 72.8 Å². The molecule has 0 aliphatic rings. The highest BCUT2D eigenvalue weighted by atomic mass is 16.5. The standard InChI is InChI=1S/C33H37N3O3/c1-26(2)36(32(37)21-27-16-18-31(39-3)19-17-27)25-33(38)35(23-29-13-8-5-9-14-29)24-30-15-10-20-34(30)22-28-11-6-4-7-12-28/h4-20,26H,21-25H2,1-3H3. The summed E-state index contributed by atoms with van der Waals surface area (Å²) >= 11 is 0. The van der Waals surface area contributed by atoms with E-state index in [1.807, 2.05) is 104 Å². The third-order valence-corrected chi connectivity index (χ3v) is 6.80. The lowest BCUT2D eigenvalue weighted by atomic mass is 10.1. The lowest BCUT2D eigenvalue weighted by Crippen LogP contribution is -2.46. The van der Waals surface area contributed by atoms with Crippen molar-refractivity contribution < 1.29 is 14.3 Å². The van der Waals surface area contributed by atoms with Crippen molar-refractivity contribution >= 4 is 11.8 Å². The molecule has 0 spiro atoms. The highest BCUT2D eigenvalue weighted by Crippen LogP contribution is 2.16. The van der Waals surface area contributed by atoms with Crippen molar-refractivity contribution in [3.8, 4) is 5.75 Å². The maximum absolute atomic E-state index is 13.8. The minimum absolute atomic E-state index is 0.0267. The molecule has 0 saturated carbocycles. The minimum atomic E-state index is -0.111. The molecule has 6 nitrogen and oxygen atoms in total. The van der Waals surface area contributed by atoms with E-state index < -0.39 is 0 Å². The molecule has 4 rings (SSSR count). The van der Waals surface area contributed by atoms with Crippen molar-refractivity contribution in [2.45, 2.75) is 45.9 Å². The minimum Gasteiger partial charge on any atom is -0.497 e. The number of hydrogen-bond donors (Lipinski definition) is 0. The Morgan fingerprint density at radius 3 is 2.00 bits per heavy atom. The normalized spacial score (nSPS) is 10.9. The zero-order valence-corrected chi connectivity index (χ0v) is 23.0. The Bertz CT molecular complexity index is 1330. The maximum atomic E-state index is 13.8. The highest BCUT2D eigenvalue weighted by molar-refractivity contribution is 5.86. The fourth-order valence-electron chi connectivity index (χ4n) is 4.58. The van der Waals surface area contributed by atoms with Gasteiger partial charge in [0.25, 0.3) is 0 Å². The predicted octanol–water partition coefficient (Wildman–Crippen LogP) is 5.55. The number of methoxy groups -OCH3 is 1. The molecule has 0 bridgehead atoms. The number of aromatic nitrogens is 1. The van der Waals surface area contributed by atoms with Crippen LogP contribution >= 0.6 is 0 Å². The summed E-state index contributed by atoms with van der Waals surface area (Å²) in [6.07, 6.45) is 2.28. The summed E-state index contributed by atoms with van der Waals surface area (Å²) in [4.78, 5) is 30.6. The molecule has 6 heteroatoms. The van der Waals surface area contributed by atoms with E-state index in [0.29, 0.717) is 13.1 Å². The van der Waals surface area contributed by atoms with Crippen LogP contribution < -0.4 is 4.74 Å². The molecule has 202 valence electrons. The number of ether oxygens (including phenoxy) is 1. The number of rotatable bonds is 12. The van der Waals surface area contributed by atoms with Gasteiger partial charge in [0.15, 0.2) is 0 Å². The van der Waals surface area contributed by atoms with Gasteiger partial charge in [0.2, 0.25) is 11.8 Å². The predicted molar refractivity (Wildman–Crippen MR) is 154 cm³/mol. The molecule has 1 aromatic heterocycles. The topological polar surface area (TPSA) is 54.8 Å². The van der Waals surface area contributed by atoms with E-state index in [0.717, 1.165) is 29.1 Å². The lowest BCUT2D eigenvalue weighted by Gasteiger charge is -2.30. The molecule has 0 unspecified atom stereocenters. The third kappa shape index (κ3) is 7.84. The van der Waals surface area contributed by atoms with Gasteiger partial charge in [-0.25, -0.2) is 0 Å². The van der Waals surface area contributed by atoms with Crippen LogP contribution in [0.5, 0.6) is 5.75 Å². The summed E-state index contributed by atoms with van der Waals surface area (Å²) in [5, 5.41) is 0. The fourth-order valence-corrected chi connectivity index (χ4v) is 4.58. The molecule has 0 aliphatic carbocycles. The first-order valence-electron chi connectivity index (χ1n) is 13.3. The summed E-state index contributed by atoms with van der Waals surface area (Å²) in [6.45, 7) is 5.58. The van der Waals surface area contributed by atoms with E-state index in [-0.39, 0.29) is 30.8 Å². The second-order valence-corrected chi connectivity index (χ2v) is 9.99. The average molecular weight is 524 g/mol. The van der Waals surface area contributed by atoms with Gasteiger partial charge in [0.1, 0.15) is 12.3 Å². The van der Waals surface area contributed by atoms with Crippen LogP contribution in [0.15, 0.2) is 103 Å². The van der Waals surface area contributed by atoms with Crippen LogP contribution in [0.1, 0.15) is 36.2 Å². The molecule has 0 N–H and O–H groups in total. The van der Waals surface area contributed by atoms with Gasteiger partial charge in [0.05, 0.1) is 20.1 Å². The van der Waals surface area contributed by atoms with Gasteiger partial charge < -0.3 is 19.1 Å². The van der Waals surface area contributed by atoms with Gasteiger partial charge >= 0.3 is 0 Å². The summed E-state index contributed by atoms with van der Waals surface area (Å²) in [5.74, 6) is 0.592. The first kappa shape index (κ1) is 27.7. The van der Waals surface area contributed by atoms with Gasteiger partial charge in [-0.3, -0.25) is 9.59 Å². The van der Waals surface area contributed by atoms with Gasteiger partial charge in [-0.15, -0.1) is 0 Å². The quantitative estimate of drug-likeness (QED) is 0.245. The molecule has 4 aromatic rings. The summed E-state index contributed by atoms with van der Waals surface area (Å²) in [7, 11) is 1.62. The largest absolute Gasteiger partial charge is 0.497 e. The maximum Gasteiger partial charge on any atom is 0.242 e. The molecular formula is C33H37N3O3. The van der Waals surface area contributed by atoms with Crippen LogP contribution in [0.3, 0.4) is 0 Å². The van der Waals surface area contributed by atoms with Gasteiger partial charge in [0, 0.05) is 31.0 Å². The van der Waals surface area contributed by atoms with Gasteiger partial charge in [-0.2, -0.15) is 0 Å². The summed E-state index contributed by atoms with van der Waals surface area (Å²) in [5.41, 5.74) is 4.18. The smallest absolute Gasteiger partial charge is 0.242 e. The van der Waals surface area contributed by atoms with E-state index in [2.05, 4.69) is 22.8 Å². The van der Waals surface area contributed by atoms with Crippen LogP contribution in [0.4, 0.5) is 0 Å². The Morgan fingerprint density at radius 2 is 1.38 bits per heavy atom. The van der Waals surface area contributed by atoms with Crippen molar-refractivity contribution in [2.24, 2.45) is 0 Å². The lowest BCUT2D eigenvalue weighted by molar-refractivity contribution is -0.142. The van der Waals surface area contributed by atoms with Crippen LogP contribution in [-0.4, -0.2) is 45.9 Å². The van der Waals surface area contributed by atoms with E-state index >= 15 is 0 Å². The molecule has 39 heavy (non-hydrogen) atoms. The average Bonchev–Trinajstić information content (AvgIpc) is 3.38. The second kappa shape index (κ2) is 13.5. The monoisotopic (exact) mass is 523 g/mol. The van der Waals surface area contributed by atoms with E-state index in [1.165, 1.54) is 5.56 Å². The first-order chi connectivity index (χ1) is 18.9. The number of carbonyl (C=O) groups is 2. The van der Waals surface area contributed by atoms with Crippen LogP contribution in [-0.2, 0) is 35.6 Å². The van der Waals surface area contributed by atoms with E-state index in [9.17, 15) is 9.59 Å². The van der Waals surface area contributed by atoms with E-state index in [4.69, 9.17) is 4.74 Å². The van der Waals surface area contributed by atoms with Crippen molar-refractivity contribution in [1.29, 1.82) is 0 Å². The van der Waals surface area contributed by atoms with Crippen molar-refractivity contribution in [3.63, 3.8) is 0 Å². The summed E-state index contributed by atoms with van der Waals surface area (Å²) in [6, 6.07) is 31.7. The SMILES string of the molecule is COc1ccc(CC(=O)N(CC(=O)N(Cc2ccccc2)Cc2cccn2Cc2ccccc2)C(C)C)cc1. The highest BCUT2D eigenvalue weighted by Gasteiger charge is 2.24. The third-order valence-electron chi connectivity index (χ3n) is 6.80. The molecule has 0 fully saturated rings. The second-order valence-electron chi connectivity index (χ2n) is 9.99. The molecule has 3 aromatic carbocycles.